The first-order valence-corrected chi connectivity index (χ1v) is 9.36. The van der Waals surface area contributed by atoms with Crippen LogP contribution in [0.25, 0.3) is 0 Å². The molecule has 0 aliphatic carbocycles. The van der Waals surface area contributed by atoms with E-state index in [1.807, 2.05) is 32.0 Å². The van der Waals surface area contributed by atoms with E-state index in [0.717, 1.165) is 16.9 Å². The van der Waals surface area contributed by atoms with Gasteiger partial charge in [-0.1, -0.05) is 12.1 Å². The van der Waals surface area contributed by atoms with Crippen molar-refractivity contribution in [3.63, 3.8) is 0 Å². The summed E-state index contributed by atoms with van der Waals surface area (Å²) in [7, 11) is 1.64. The largest absolute Gasteiger partial charge is 0.491 e. The number of nitrogens with zero attached hydrogens (tertiary/aromatic N) is 2. The predicted molar refractivity (Wildman–Crippen MR) is 122 cm³/mol. The van der Waals surface area contributed by atoms with Crippen LogP contribution < -0.4 is 20.7 Å². The summed E-state index contributed by atoms with van der Waals surface area (Å²) in [5, 5.41) is 8.81. The van der Waals surface area contributed by atoms with Gasteiger partial charge < -0.3 is 25.4 Å². The third-order valence-corrected chi connectivity index (χ3v) is 4.08. The predicted octanol–water partition coefficient (Wildman–Crippen LogP) is 1.25. The Balaban J connectivity index is 0.00000420. The molecular formula is C19H30IN5O4. The van der Waals surface area contributed by atoms with Crippen molar-refractivity contribution in [3.05, 3.63) is 29.3 Å². The average molecular weight is 519 g/mol. The number of aryl methyl sites for hydroxylation is 1. The van der Waals surface area contributed by atoms with Crippen LogP contribution in [0.15, 0.2) is 23.2 Å². The molecule has 0 saturated carbocycles. The second-order valence-corrected chi connectivity index (χ2v) is 6.28. The van der Waals surface area contributed by atoms with Crippen molar-refractivity contribution in [2.75, 3.05) is 46.5 Å². The number of amides is 3. The molecular weight excluding hydrogens is 489 g/mol. The van der Waals surface area contributed by atoms with E-state index in [9.17, 15) is 9.59 Å². The molecule has 29 heavy (non-hydrogen) atoms. The van der Waals surface area contributed by atoms with Gasteiger partial charge in [-0.25, -0.2) is 9.79 Å². The molecule has 0 bridgehead atoms. The molecule has 1 saturated heterocycles. The summed E-state index contributed by atoms with van der Waals surface area (Å²) < 4.78 is 10.8. The number of guanidine groups is 1. The molecule has 1 aliphatic heterocycles. The Labute approximate surface area is 188 Å². The Morgan fingerprint density at radius 2 is 2.07 bits per heavy atom. The van der Waals surface area contributed by atoms with E-state index >= 15 is 0 Å². The lowest BCUT2D eigenvalue weighted by Gasteiger charge is -2.16. The molecule has 0 atom stereocenters. The zero-order chi connectivity index (χ0) is 20.4. The van der Waals surface area contributed by atoms with E-state index in [1.165, 1.54) is 4.90 Å². The number of urea groups is 1. The van der Waals surface area contributed by atoms with Crippen molar-refractivity contribution in [3.8, 4) is 5.75 Å². The fourth-order valence-electron chi connectivity index (χ4n) is 2.64. The minimum Gasteiger partial charge on any atom is -0.491 e. The lowest BCUT2D eigenvalue weighted by Crippen LogP contribution is -2.43. The highest BCUT2D eigenvalue weighted by atomic mass is 127. The van der Waals surface area contributed by atoms with E-state index in [1.54, 1.807) is 7.11 Å². The van der Waals surface area contributed by atoms with Gasteiger partial charge in [0, 0.05) is 32.3 Å². The average Bonchev–Trinajstić information content (AvgIpc) is 2.99. The van der Waals surface area contributed by atoms with Crippen LogP contribution in [0.5, 0.6) is 5.75 Å². The van der Waals surface area contributed by atoms with Gasteiger partial charge in [0.2, 0.25) is 5.91 Å². The van der Waals surface area contributed by atoms with E-state index in [0.29, 0.717) is 38.8 Å². The molecule has 0 spiro atoms. The van der Waals surface area contributed by atoms with Crippen LogP contribution in [-0.2, 0) is 16.1 Å². The standard InChI is InChI=1S/C19H29N5O4.HI/c1-4-20-18(21-7-8-24-17(25)13-23-19(24)26)22-12-15-6-5-14(2)11-16(15)28-10-9-27-3;/h5-6,11H,4,7-10,12-13H2,1-3H3,(H,23,26)(H2,20,21,22);1H. The van der Waals surface area contributed by atoms with Crippen LogP contribution in [0.1, 0.15) is 18.1 Å². The normalized spacial score (nSPS) is 13.8. The lowest BCUT2D eigenvalue weighted by molar-refractivity contribution is -0.124. The number of halogens is 1. The van der Waals surface area contributed by atoms with Gasteiger partial charge in [-0.15, -0.1) is 24.0 Å². The summed E-state index contributed by atoms with van der Waals surface area (Å²) in [4.78, 5) is 29.0. The minimum absolute atomic E-state index is 0. The van der Waals surface area contributed by atoms with Crippen LogP contribution in [0, 0.1) is 6.92 Å². The minimum atomic E-state index is -0.355. The third-order valence-electron chi connectivity index (χ3n) is 4.08. The fraction of sp³-hybridized carbons (Fsp3) is 0.526. The molecule has 2 rings (SSSR count). The number of methoxy groups -OCH3 is 1. The number of hydrogen-bond donors (Lipinski definition) is 3. The van der Waals surface area contributed by atoms with E-state index in [4.69, 9.17) is 9.47 Å². The van der Waals surface area contributed by atoms with E-state index in [-0.39, 0.29) is 49.0 Å². The third kappa shape index (κ3) is 8.05. The molecule has 1 aromatic carbocycles. The molecule has 162 valence electrons. The van der Waals surface area contributed by atoms with E-state index in [2.05, 4.69) is 20.9 Å². The summed E-state index contributed by atoms with van der Waals surface area (Å²) in [5.41, 5.74) is 2.08. The molecule has 1 aliphatic rings. The number of carbonyl (C=O) groups excluding carboxylic acids is 2. The van der Waals surface area contributed by atoms with Gasteiger partial charge in [0.15, 0.2) is 5.96 Å². The summed E-state index contributed by atoms with van der Waals surface area (Å²) >= 11 is 0. The zero-order valence-corrected chi connectivity index (χ0v) is 19.4. The van der Waals surface area contributed by atoms with Crippen molar-refractivity contribution in [2.24, 2.45) is 4.99 Å². The van der Waals surface area contributed by atoms with Gasteiger partial charge in [-0.2, -0.15) is 0 Å². The molecule has 0 aromatic heterocycles. The van der Waals surface area contributed by atoms with Gasteiger partial charge in [0.05, 0.1) is 19.7 Å². The van der Waals surface area contributed by atoms with Crippen LogP contribution in [-0.4, -0.2) is 69.3 Å². The van der Waals surface area contributed by atoms with Crippen molar-refractivity contribution < 1.29 is 19.1 Å². The van der Waals surface area contributed by atoms with Crippen molar-refractivity contribution in [1.82, 2.24) is 20.9 Å². The van der Waals surface area contributed by atoms with Crippen LogP contribution in [0.3, 0.4) is 0 Å². The first-order valence-electron chi connectivity index (χ1n) is 9.36. The molecule has 1 heterocycles. The number of ether oxygens (including phenoxy) is 2. The highest BCUT2D eigenvalue weighted by molar-refractivity contribution is 14.0. The first kappa shape index (κ1) is 25.0. The second-order valence-electron chi connectivity index (χ2n) is 6.28. The molecule has 3 N–H and O–H groups in total. The maximum Gasteiger partial charge on any atom is 0.324 e. The number of imide groups is 1. The number of hydrogen-bond acceptors (Lipinski definition) is 5. The highest BCUT2D eigenvalue weighted by Crippen LogP contribution is 2.21. The highest BCUT2D eigenvalue weighted by Gasteiger charge is 2.27. The zero-order valence-electron chi connectivity index (χ0n) is 17.1. The Hall–Kier alpha value is -2.08. The Morgan fingerprint density at radius 3 is 2.72 bits per heavy atom. The van der Waals surface area contributed by atoms with Crippen molar-refractivity contribution in [1.29, 1.82) is 0 Å². The van der Waals surface area contributed by atoms with E-state index < -0.39 is 0 Å². The molecule has 9 nitrogen and oxygen atoms in total. The second kappa shape index (κ2) is 13.2. The smallest absolute Gasteiger partial charge is 0.324 e. The van der Waals surface area contributed by atoms with Gasteiger partial charge in [0.25, 0.3) is 0 Å². The monoisotopic (exact) mass is 519 g/mol. The molecule has 0 radical (unpaired) electrons. The summed E-state index contributed by atoms with van der Waals surface area (Å²) in [6.45, 7) is 6.86. The number of rotatable bonds is 10. The quantitative estimate of drug-likeness (QED) is 0.141. The van der Waals surface area contributed by atoms with Gasteiger partial charge in [-0.05, 0) is 25.5 Å². The topological polar surface area (TPSA) is 104 Å². The van der Waals surface area contributed by atoms with Gasteiger partial charge in [0.1, 0.15) is 12.4 Å². The summed E-state index contributed by atoms with van der Waals surface area (Å²) in [6, 6.07) is 5.65. The Bertz CT molecular complexity index is 698. The number of nitrogens with one attached hydrogen (secondary N) is 3. The molecule has 0 unspecified atom stereocenters. The number of benzene rings is 1. The molecule has 1 aromatic rings. The SMILES string of the molecule is CCNC(=NCc1ccc(C)cc1OCCOC)NCCN1C(=O)CNC1=O.I. The number of carbonyl (C=O) groups is 2. The first-order chi connectivity index (χ1) is 13.5. The lowest BCUT2D eigenvalue weighted by atomic mass is 10.1. The molecule has 1 fully saturated rings. The maximum absolute atomic E-state index is 11.6. The van der Waals surface area contributed by atoms with Crippen molar-refractivity contribution in [2.45, 2.75) is 20.4 Å². The number of aliphatic imine (C=N–C) groups is 1. The van der Waals surface area contributed by atoms with Crippen LogP contribution in [0.2, 0.25) is 0 Å². The van der Waals surface area contributed by atoms with Crippen LogP contribution in [0.4, 0.5) is 4.79 Å². The van der Waals surface area contributed by atoms with Gasteiger partial charge in [-0.3, -0.25) is 9.69 Å². The summed E-state index contributed by atoms with van der Waals surface area (Å²) in [6.07, 6.45) is 0. The van der Waals surface area contributed by atoms with Gasteiger partial charge >= 0.3 is 6.03 Å². The molecule has 10 heteroatoms. The molecule has 3 amide bonds. The van der Waals surface area contributed by atoms with Crippen LogP contribution >= 0.6 is 24.0 Å². The van der Waals surface area contributed by atoms with Crippen molar-refractivity contribution >= 4 is 41.9 Å². The Kier molecular flexibility index (Phi) is 11.4. The maximum atomic E-state index is 11.6. The Morgan fingerprint density at radius 1 is 1.28 bits per heavy atom. The fourth-order valence-corrected chi connectivity index (χ4v) is 2.64. The summed E-state index contributed by atoms with van der Waals surface area (Å²) in [5.74, 6) is 1.18.